The molecule has 7 nitrogen and oxygen atoms in total. The van der Waals surface area contributed by atoms with Crippen molar-refractivity contribution in [3.8, 4) is 11.8 Å². The average Bonchev–Trinajstić information content (AvgIpc) is 3.27. The van der Waals surface area contributed by atoms with E-state index in [9.17, 15) is 13.2 Å². The molecule has 2 aromatic rings. The lowest BCUT2D eigenvalue weighted by molar-refractivity contribution is 0.0450. The molecule has 0 radical (unpaired) electrons. The molecule has 9 heteroatoms. The average molecular weight is 435 g/mol. The molecule has 1 fully saturated rings. The molecule has 0 N–H and O–H groups in total. The Morgan fingerprint density at radius 3 is 2.45 bits per heavy atom. The molecule has 1 saturated heterocycles. The number of carbonyl (C=O) groups is 1. The van der Waals surface area contributed by atoms with Gasteiger partial charge in [-0.1, -0.05) is 11.6 Å². The van der Waals surface area contributed by atoms with Crippen molar-refractivity contribution in [3.63, 3.8) is 0 Å². The highest BCUT2D eigenvalue weighted by Crippen LogP contribution is 2.28. The number of nitriles is 1. The van der Waals surface area contributed by atoms with Gasteiger partial charge >= 0.3 is 5.97 Å². The van der Waals surface area contributed by atoms with Gasteiger partial charge in [0, 0.05) is 13.1 Å². The Morgan fingerprint density at radius 2 is 1.79 bits per heavy atom. The van der Waals surface area contributed by atoms with Crippen molar-refractivity contribution in [2.24, 2.45) is 0 Å². The second kappa shape index (κ2) is 9.27. The van der Waals surface area contributed by atoms with Crippen molar-refractivity contribution in [2.45, 2.75) is 17.7 Å². The van der Waals surface area contributed by atoms with Crippen LogP contribution in [0.15, 0.2) is 47.4 Å². The van der Waals surface area contributed by atoms with Crippen LogP contribution in [-0.4, -0.2) is 45.0 Å². The van der Waals surface area contributed by atoms with E-state index in [4.69, 9.17) is 26.3 Å². The number of ether oxygens (including phenoxy) is 2. The summed E-state index contributed by atoms with van der Waals surface area (Å²) in [6.07, 6.45) is 1.61. The van der Waals surface area contributed by atoms with Crippen LogP contribution in [0.1, 0.15) is 28.8 Å². The minimum Gasteiger partial charge on any atom is -0.490 e. The van der Waals surface area contributed by atoms with Crippen LogP contribution in [0.3, 0.4) is 0 Å². The minimum atomic E-state index is -3.75. The van der Waals surface area contributed by atoms with Gasteiger partial charge in [0.2, 0.25) is 10.0 Å². The van der Waals surface area contributed by atoms with Crippen LogP contribution in [0.4, 0.5) is 0 Å². The lowest BCUT2D eigenvalue weighted by atomic mass is 10.2. The summed E-state index contributed by atoms with van der Waals surface area (Å²) in [5.74, 6) is -0.117. The van der Waals surface area contributed by atoms with E-state index in [1.54, 1.807) is 24.3 Å². The van der Waals surface area contributed by atoms with Gasteiger partial charge in [-0.05, 0) is 55.3 Å². The molecule has 0 amide bonds. The van der Waals surface area contributed by atoms with Gasteiger partial charge in [0.25, 0.3) is 0 Å². The predicted molar refractivity (Wildman–Crippen MR) is 106 cm³/mol. The van der Waals surface area contributed by atoms with Gasteiger partial charge in [0.05, 0.1) is 22.2 Å². The standard InChI is InChI=1S/C20H19ClN2O5S/c21-18-8-5-16(13-19(18)29(25,26)23-9-1-2-10-23)20(24)28-12-11-27-17-6-3-15(14-22)4-7-17/h3-8,13H,1-2,9-12H2. The summed E-state index contributed by atoms with van der Waals surface area (Å²) in [6, 6.07) is 12.6. The zero-order valence-electron chi connectivity index (χ0n) is 15.5. The SMILES string of the molecule is N#Cc1ccc(OCCOC(=O)c2ccc(Cl)c(S(=O)(=O)N3CCCC3)c2)cc1. The van der Waals surface area contributed by atoms with E-state index < -0.39 is 16.0 Å². The molecule has 0 bridgehead atoms. The Bertz CT molecular complexity index is 1030. The monoisotopic (exact) mass is 434 g/mol. The van der Waals surface area contributed by atoms with E-state index in [0.29, 0.717) is 24.4 Å². The van der Waals surface area contributed by atoms with Gasteiger partial charge in [0.1, 0.15) is 23.9 Å². The van der Waals surface area contributed by atoms with Crippen LogP contribution >= 0.6 is 11.6 Å². The van der Waals surface area contributed by atoms with Crippen molar-refractivity contribution < 1.29 is 22.7 Å². The lowest BCUT2D eigenvalue weighted by Crippen LogP contribution is -2.28. The predicted octanol–water partition coefficient (Wildman–Crippen LogP) is 3.23. The number of sulfonamides is 1. The maximum absolute atomic E-state index is 12.7. The summed E-state index contributed by atoms with van der Waals surface area (Å²) in [7, 11) is -3.75. The molecule has 0 saturated carbocycles. The molecule has 0 spiro atoms. The van der Waals surface area contributed by atoms with E-state index in [2.05, 4.69) is 0 Å². The maximum atomic E-state index is 12.7. The molecule has 152 valence electrons. The molecular formula is C20H19ClN2O5S. The van der Waals surface area contributed by atoms with Crippen LogP contribution in [-0.2, 0) is 14.8 Å². The largest absolute Gasteiger partial charge is 0.490 e. The smallest absolute Gasteiger partial charge is 0.338 e. The Hall–Kier alpha value is -2.60. The molecule has 1 heterocycles. The number of nitrogens with zero attached hydrogens (tertiary/aromatic N) is 2. The third-order valence-corrected chi connectivity index (χ3v) is 6.80. The number of benzene rings is 2. The number of esters is 1. The summed E-state index contributed by atoms with van der Waals surface area (Å²) in [5.41, 5.74) is 0.622. The quantitative estimate of drug-likeness (QED) is 0.490. The number of carbonyl (C=O) groups excluding carboxylic acids is 1. The first kappa shape index (κ1) is 21.1. The Kier molecular flexibility index (Phi) is 6.75. The fraction of sp³-hybridized carbons (Fsp3) is 0.300. The number of halogens is 1. The van der Waals surface area contributed by atoms with Crippen LogP contribution < -0.4 is 4.74 Å². The molecule has 1 aliphatic heterocycles. The first-order chi connectivity index (χ1) is 13.9. The third kappa shape index (κ3) is 5.07. The highest BCUT2D eigenvalue weighted by atomic mass is 35.5. The summed E-state index contributed by atoms with van der Waals surface area (Å²) in [6.45, 7) is 0.986. The van der Waals surface area contributed by atoms with E-state index >= 15 is 0 Å². The maximum Gasteiger partial charge on any atom is 0.338 e. The zero-order valence-corrected chi connectivity index (χ0v) is 17.1. The Labute approximate surface area is 174 Å². The molecule has 29 heavy (non-hydrogen) atoms. The molecular weight excluding hydrogens is 416 g/mol. The third-order valence-electron chi connectivity index (χ3n) is 4.42. The van der Waals surface area contributed by atoms with Crippen LogP contribution in [0.25, 0.3) is 0 Å². The first-order valence-electron chi connectivity index (χ1n) is 9.01. The summed E-state index contributed by atoms with van der Waals surface area (Å²) in [5, 5.41) is 8.83. The highest BCUT2D eigenvalue weighted by molar-refractivity contribution is 7.89. The van der Waals surface area contributed by atoms with E-state index in [0.717, 1.165) is 12.8 Å². The van der Waals surface area contributed by atoms with Gasteiger partial charge in [0.15, 0.2) is 0 Å². The molecule has 3 rings (SSSR count). The van der Waals surface area contributed by atoms with Crippen LogP contribution in [0.5, 0.6) is 5.75 Å². The van der Waals surface area contributed by atoms with Crippen molar-refractivity contribution in [1.29, 1.82) is 5.26 Å². The van der Waals surface area contributed by atoms with Gasteiger partial charge in [-0.3, -0.25) is 0 Å². The van der Waals surface area contributed by atoms with E-state index in [1.165, 1.54) is 22.5 Å². The van der Waals surface area contributed by atoms with Crippen LogP contribution in [0.2, 0.25) is 5.02 Å². The second-order valence-corrected chi connectivity index (χ2v) is 8.69. The van der Waals surface area contributed by atoms with Crippen molar-refractivity contribution in [2.75, 3.05) is 26.3 Å². The second-order valence-electron chi connectivity index (χ2n) is 6.38. The number of hydrogen-bond acceptors (Lipinski definition) is 6. The van der Waals surface area contributed by atoms with Crippen molar-refractivity contribution in [3.05, 3.63) is 58.6 Å². The normalized spacial score (nSPS) is 14.3. The van der Waals surface area contributed by atoms with Gasteiger partial charge < -0.3 is 9.47 Å². The summed E-state index contributed by atoms with van der Waals surface area (Å²) >= 11 is 6.08. The Balaban J connectivity index is 1.60. The van der Waals surface area contributed by atoms with Crippen LogP contribution in [0, 0.1) is 11.3 Å². The molecule has 0 unspecified atom stereocenters. The van der Waals surface area contributed by atoms with Gasteiger partial charge in [-0.2, -0.15) is 9.57 Å². The molecule has 1 aliphatic rings. The fourth-order valence-corrected chi connectivity index (χ4v) is 4.92. The van der Waals surface area contributed by atoms with Gasteiger partial charge in [-0.25, -0.2) is 13.2 Å². The minimum absolute atomic E-state index is 0.0182. The fourth-order valence-electron chi connectivity index (χ4n) is 2.90. The highest BCUT2D eigenvalue weighted by Gasteiger charge is 2.29. The molecule has 0 atom stereocenters. The first-order valence-corrected chi connectivity index (χ1v) is 10.8. The van der Waals surface area contributed by atoms with Gasteiger partial charge in [-0.15, -0.1) is 0 Å². The van der Waals surface area contributed by atoms with E-state index in [1.807, 2.05) is 6.07 Å². The molecule has 0 aromatic heterocycles. The topological polar surface area (TPSA) is 96.7 Å². The number of hydrogen-bond donors (Lipinski definition) is 0. The van der Waals surface area contributed by atoms with Crippen molar-refractivity contribution >= 4 is 27.6 Å². The lowest BCUT2D eigenvalue weighted by Gasteiger charge is -2.17. The zero-order chi connectivity index (χ0) is 20.9. The summed E-state index contributed by atoms with van der Waals surface area (Å²) in [4.78, 5) is 12.2. The number of rotatable bonds is 7. The molecule has 2 aromatic carbocycles. The molecule has 0 aliphatic carbocycles. The van der Waals surface area contributed by atoms with E-state index in [-0.39, 0.29) is 28.7 Å². The Morgan fingerprint density at radius 1 is 1.10 bits per heavy atom. The van der Waals surface area contributed by atoms with Crippen molar-refractivity contribution in [1.82, 2.24) is 4.31 Å². The summed E-state index contributed by atoms with van der Waals surface area (Å²) < 4.78 is 37.5.